The molecule has 0 spiro atoms. The Morgan fingerprint density at radius 3 is 1.84 bits per heavy atom. The number of carbonyl (C=O) groups is 4. The number of unbranched alkanes of at least 4 members (excludes halogenated alkanes) is 1. The molecule has 5 amide bonds. The van der Waals surface area contributed by atoms with Crippen LogP contribution < -0.4 is 16.8 Å². The largest absolute Gasteiger partial charge is 0.446 e. The second-order valence-corrected chi connectivity index (χ2v) is 13.3. The smallest absolute Gasteiger partial charge is 0.410 e. The van der Waals surface area contributed by atoms with Crippen LogP contribution >= 0.6 is 0 Å². The van der Waals surface area contributed by atoms with Gasteiger partial charge in [-0.3, -0.25) is 4.79 Å². The Morgan fingerprint density at radius 2 is 1.31 bits per heavy atom. The quantitative estimate of drug-likeness (QED) is 0.189. The van der Waals surface area contributed by atoms with Gasteiger partial charge in [-0.2, -0.15) is 0 Å². The second kappa shape index (κ2) is 18.8. The molecule has 1 aromatic carbocycles. The molecule has 0 radical (unpaired) electrons. The number of hydrogen-bond donors (Lipinski definition) is 3. The number of amides is 5. The molecule has 3 fully saturated rings. The van der Waals surface area contributed by atoms with Gasteiger partial charge in [0.25, 0.3) is 0 Å². The van der Waals surface area contributed by atoms with E-state index in [1.165, 1.54) is 0 Å². The number of piperazine rings is 2. The number of aliphatic imine (C=N–C) groups is 1. The van der Waals surface area contributed by atoms with E-state index >= 15 is 0 Å². The molecule has 1 saturated carbocycles. The van der Waals surface area contributed by atoms with Crippen LogP contribution in [0.25, 0.3) is 0 Å². The second-order valence-electron chi connectivity index (χ2n) is 13.3. The van der Waals surface area contributed by atoms with Gasteiger partial charge >= 0.3 is 18.2 Å². The van der Waals surface area contributed by atoms with Gasteiger partial charge in [0, 0.05) is 84.3 Å². The third-order valence-corrected chi connectivity index (χ3v) is 9.61. The van der Waals surface area contributed by atoms with Crippen molar-refractivity contribution in [3.63, 3.8) is 0 Å². The molecule has 0 unspecified atom stereocenters. The number of hydrogen-bond acceptors (Lipinski definition) is 8. The van der Waals surface area contributed by atoms with E-state index in [1.807, 2.05) is 27.8 Å². The van der Waals surface area contributed by atoms with E-state index < -0.39 is 0 Å². The predicted octanol–water partition coefficient (Wildman–Crippen LogP) is 2.99. The van der Waals surface area contributed by atoms with Crippen LogP contribution in [-0.2, 0) is 27.4 Å². The molecule has 16 heteroatoms. The number of nitrogens with two attached hydrogens (primary N) is 2. The third kappa shape index (κ3) is 11.8. The minimum atomic E-state index is -0.350. The third-order valence-electron chi connectivity index (χ3n) is 9.61. The number of aromatic nitrogens is 2. The van der Waals surface area contributed by atoms with E-state index in [-0.39, 0.29) is 42.3 Å². The van der Waals surface area contributed by atoms with E-state index in [2.05, 4.69) is 15.3 Å². The lowest BCUT2D eigenvalue weighted by molar-refractivity contribution is -0.133. The summed E-state index contributed by atoms with van der Waals surface area (Å²) in [4.78, 5) is 66.2. The molecule has 3 heterocycles. The monoisotopic (exact) mass is 708 g/mol. The summed E-state index contributed by atoms with van der Waals surface area (Å²) in [7, 11) is 0. The zero-order chi connectivity index (χ0) is 36.0. The van der Waals surface area contributed by atoms with E-state index in [0.29, 0.717) is 96.7 Å². The first kappa shape index (κ1) is 37.2. The summed E-state index contributed by atoms with van der Waals surface area (Å²) in [6.07, 6.45) is 11.1. The average Bonchev–Trinajstić information content (AvgIpc) is 3.65. The van der Waals surface area contributed by atoms with Crippen LogP contribution in [-0.4, -0.2) is 124 Å². The minimum absolute atomic E-state index is 0.0141. The van der Waals surface area contributed by atoms with Crippen molar-refractivity contribution in [1.29, 1.82) is 0 Å². The molecule has 1 aliphatic carbocycles. The molecule has 5 N–H and O–H groups in total. The lowest BCUT2D eigenvalue weighted by Gasteiger charge is -2.36. The van der Waals surface area contributed by atoms with E-state index in [0.717, 1.165) is 37.8 Å². The molecule has 1 aromatic heterocycles. The van der Waals surface area contributed by atoms with Crippen molar-refractivity contribution in [3.8, 4) is 0 Å². The summed E-state index contributed by atoms with van der Waals surface area (Å²) >= 11 is 0. The van der Waals surface area contributed by atoms with Crippen molar-refractivity contribution in [2.24, 2.45) is 16.5 Å². The predicted molar refractivity (Wildman–Crippen MR) is 190 cm³/mol. The highest BCUT2D eigenvalue weighted by atomic mass is 16.6. The highest BCUT2D eigenvalue weighted by Gasteiger charge is 2.30. The molecule has 16 nitrogen and oxygen atoms in total. The SMILES string of the molecule is NC(N)=Nc1ccc(CNC(=O)N2CCN(C(=O)OC3CCCC(OC(=O)N4CCN(C(=O)CCCCn5ccnc5)CC4)CCC3)CC2)cc1. The van der Waals surface area contributed by atoms with Crippen LogP contribution in [0.4, 0.5) is 20.1 Å². The highest BCUT2D eigenvalue weighted by molar-refractivity contribution is 5.79. The van der Waals surface area contributed by atoms with Gasteiger partial charge in [0.15, 0.2) is 5.96 Å². The van der Waals surface area contributed by atoms with Gasteiger partial charge in [0.2, 0.25) is 5.91 Å². The molecule has 3 aliphatic rings. The topological polar surface area (TPSA) is 194 Å². The number of guanidine groups is 1. The number of nitrogens with zero attached hydrogens (tertiary/aromatic N) is 7. The fraction of sp³-hybridized carbons (Fsp3) is 0.600. The molecular formula is C35H52N10O6. The summed E-state index contributed by atoms with van der Waals surface area (Å²) in [5, 5.41) is 2.92. The van der Waals surface area contributed by atoms with Crippen molar-refractivity contribution in [1.82, 2.24) is 34.5 Å². The molecule has 278 valence electrons. The van der Waals surface area contributed by atoms with Crippen molar-refractivity contribution < 1.29 is 28.7 Å². The maximum Gasteiger partial charge on any atom is 0.410 e. The standard InChI is InChI=1S/C35H52N10O6/c36-32(37)40-28-12-10-27(11-13-28)25-39-33(47)43-19-23-45(24-20-43)35(49)51-30-7-3-5-29(6-4-8-30)50-34(48)44-21-17-42(18-22-44)31(46)9-1-2-15-41-16-14-38-26-41/h10-14,16,26,29-30H,1-9,15,17-25H2,(H,39,47)(H4,36,37,40). The summed E-state index contributed by atoms with van der Waals surface area (Å²) in [6, 6.07) is 7.06. The number of benzene rings is 1. The lowest BCUT2D eigenvalue weighted by atomic mass is 9.96. The maximum absolute atomic E-state index is 13.0. The van der Waals surface area contributed by atoms with Gasteiger partial charge in [0.1, 0.15) is 12.2 Å². The number of rotatable bonds is 10. The Balaban J connectivity index is 0.925. The molecule has 51 heavy (non-hydrogen) atoms. The first-order valence-corrected chi connectivity index (χ1v) is 18.1. The summed E-state index contributed by atoms with van der Waals surface area (Å²) in [5.74, 6) is 0.120. The van der Waals surface area contributed by atoms with Crippen molar-refractivity contribution >= 4 is 35.8 Å². The van der Waals surface area contributed by atoms with Crippen molar-refractivity contribution in [2.75, 3.05) is 52.4 Å². The van der Waals surface area contributed by atoms with Gasteiger partial charge < -0.3 is 50.4 Å². The van der Waals surface area contributed by atoms with E-state index in [1.54, 1.807) is 39.4 Å². The van der Waals surface area contributed by atoms with E-state index in [4.69, 9.17) is 20.9 Å². The van der Waals surface area contributed by atoms with Crippen LogP contribution in [0.15, 0.2) is 48.0 Å². The molecule has 0 atom stereocenters. The van der Waals surface area contributed by atoms with Crippen molar-refractivity contribution in [2.45, 2.75) is 83.1 Å². The van der Waals surface area contributed by atoms with Crippen LogP contribution in [0.3, 0.4) is 0 Å². The lowest BCUT2D eigenvalue weighted by Crippen LogP contribution is -2.53. The molecule has 2 aliphatic heterocycles. The number of urea groups is 1. The maximum atomic E-state index is 13.0. The number of carbonyl (C=O) groups excluding carboxylic acids is 4. The summed E-state index contributed by atoms with van der Waals surface area (Å²) < 4.78 is 13.8. The minimum Gasteiger partial charge on any atom is -0.446 e. The van der Waals surface area contributed by atoms with E-state index in [9.17, 15) is 19.2 Å². The molecule has 2 saturated heterocycles. The fourth-order valence-corrected chi connectivity index (χ4v) is 6.61. The Kier molecular flexibility index (Phi) is 13.7. The number of ether oxygens (including phenoxy) is 2. The van der Waals surface area contributed by atoms with Gasteiger partial charge in [0.05, 0.1) is 12.0 Å². The Labute approximate surface area is 299 Å². The van der Waals surface area contributed by atoms with Gasteiger partial charge in [-0.1, -0.05) is 12.1 Å². The van der Waals surface area contributed by atoms with Crippen LogP contribution in [0.2, 0.25) is 0 Å². The average molecular weight is 709 g/mol. The Morgan fingerprint density at radius 1 is 0.765 bits per heavy atom. The number of nitrogens with one attached hydrogen (secondary N) is 1. The van der Waals surface area contributed by atoms with Crippen LogP contribution in [0, 0.1) is 0 Å². The molecule has 5 rings (SSSR count). The first-order valence-electron chi connectivity index (χ1n) is 18.1. The van der Waals surface area contributed by atoms with Crippen LogP contribution in [0.1, 0.15) is 63.4 Å². The number of imidazole rings is 1. The fourth-order valence-electron chi connectivity index (χ4n) is 6.61. The van der Waals surface area contributed by atoms with Crippen molar-refractivity contribution in [3.05, 3.63) is 48.5 Å². The van der Waals surface area contributed by atoms with Gasteiger partial charge in [-0.05, 0) is 69.1 Å². The van der Waals surface area contributed by atoms with Gasteiger partial charge in [-0.25, -0.2) is 24.4 Å². The molecule has 0 bridgehead atoms. The van der Waals surface area contributed by atoms with Crippen LogP contribution in [0.5, 0.6) is 0 Å². The number of aryl methyl sites for hydroxylation is 1. The zero-order valence-electron chi connectivity index (χ0n) is 29.4. The highest BCUT2D eigenvalue weighted by Crippen LogP contribution is 2.24. The Bertz CT molecular complexity index is 1440. The summed E-state index contributed by atoms with van der Waals surface area (Å²) in [6.45, 7) is 4.84. The van der Waals surface area contributed by atoms with Gasteiger partial charge in [-0.15, -0.1) is 0 Å². The normalized spacial score (nSPS) is 19.8. The Hall–Kier alpha value is -5.02. The summed E-state index contributed by atoms with van der Waals surface area (Å²) in [5.41, 5.74) is 12.4. The zero-order valence-corrected chi connectivity index (χ0v) is 29.4. The molecule has 2 aromatic rings. The molecular weight excluding hydrogens is 656 g/mol. The first-order chi connectivity index (χ1) is 24.7.